The first-order valence-corrected chi connectivity index (χ1v) is 11.0. The van der Waals surface area contributed by atoms with Crippen LogP contribution in [-0.4, -0.2) is 60.2 Å². The summed E-state index contributed by atoms with van der Waals surface area (Å²) in [6.07, 6.45) is 2.20. The minimum atomic E-state index is 0.196. The molecule has 6 heteroatoms. The van der Waals surface area contributed by atoms with Crippen LogP contribution in [0.3, 0.4) is 0 Å². The number of piperidine rings is 1. The quantitative estimate of drug-likeness (QED) is 0.738. The third-order valence-electron chi connectivity index (χ3n) is 6.04. The van der Waals surface area contributed by atoms with Crippen LogP contribution in [0.1, 0.15) is 48.4 Å². The Morgan fingerprint density at radius 2 is 1.80 bits per heavy atom. The molecule has 6 nitrogen and oxygen atoms in total. The number of benzene rings is 1. The van der Waals surface area contributed by atoms with Crippen molar-refractivity contribution in [3.8, 4) is 17.2 Å². The zero-order valence-corrected chi connectivity index (χ0v) is 18.5. The average molecular weight is 412 g/mol. The number of carbonyl (C=O) groups excluding carboxylic acids is 1. The molecule has 0 saturated carbocycles. The first-order chi connectivity index (χ1) is 14.4. The Bertz CT molecular complexity index is 911. The lowest BCUT2D eigenvalue weighted by atomic mass is 10.0. The van der Waals surface area contributed by atoms with E-state index in [2.05, 4.69) is 28.6 Å². The number of nitrogens with one attached hydrogen (secondary N) is 1. The fourth-order valence-corrected chi connectivity index (χ4v) is 4.63. The average Bonchev–Trinajstić information content (AvgIpc) is 3.03. The third kappa shape index (κ3) is 4.40. The van der Waals surface area contributed by atoms with Crippen LogP contribution in [0.15, 0.2) is 24.3 Å². The number of carbonyl (C=O) groups is 1. The Morgan fingerprint density at radius 1 is 1.10 bits per heavy atom. The molecule has 2 aromatic rings. The smallest absolute Gasteiger partial charge is 0.178 e. The maximum atomic E-state index is 13.1. The van der Waals surface area contributed by atoms with Crippen molar-refractivity contribution in [1.82, 2.24) is 14.8 Å². The van der Waals surface area contributed by atoms with Crippen molar-refractivity contribution in [3.63, 3.8) is 0 Å². The van der Waals surface area contributed by atoms with Gasteiger partial charge in [0.15, 0.2) is 17.3 Å². The maximum absolute atomic E-state index is 13.1. The molecule has 1 fully saturated rings. The van der Waals surface area contributed by atoms with Gasteiger partial charge in [-0.2, -0.15) is 0 Å². The largest absolute Gasteiger partial charge is 0.486 e. The van der Waals surface area contributed by atoms with Gasteiger partial charge in [0, 0.05) is 53.9 Å². The number of hydrogen-bond donors (Lipinski definition) is 1. The van der Waals surface area contributed by atoms with Crippen molar-refractivity contribution in [2.24, 2.45) is 0 Å². The van der Waals surface area contributed by atoms with Gasteiger partial charge in [0.05, 0.1) is 6.54 Å². The highest BCUT2D eigenvalue weighted by Crippen LogP contribution is 2.33. The predicted molar refractivity (Wildman–Crippen MR) is 118 cm³/mol. The summed E-state index contributed by atoms with van der Waals surface area (Å²) >= 11 is 0. The molecule has 0 aliphatic carbocycles. The van der Waals surface area contributed by atoms with Gasteiger partial charge in [0.2, 0.25) is 0 Å². The number of aryl methyl sites for hydroxylation is 1. The van der Waals surface area contributed by atoms with E-state index in [1.54, 1.807) is 0 Å². The summed E-state index contributed by atoms with van der Waals surface area (Å²) in [5.41, 5.74) is 3.83. The molecule has 0 unspecified atom stereocenters. The van der Waals surface area contributed by atoms with E-state index in [1.165, 1.54) is 0 Å². The van der Waals surface area contributed by atoms with Crippen molar-refractivity contribution in [3.05, 3.63) is 41.2 Å². The van der Waals surface area contributed by atoms with E-state index in [-0.39, 0.29) is 5.78 Å². The van der Waals surface area contributed by atoms with E-state index in [4.69, 9.17) is 9.47 Å². The SMILES string of the molecule is Cc1cc(C(=O)CN2CCC(NC(C)C)CC2)c(C)n1-c1ccc2c(c1)OCCO2. The number of Topliss-reactive ketones (excluding diaryl/α,β-unsaturated/α-hetero) is 1. The molecule has 30 heavy (non-hydrogen) atoms. The number of hydrogen-bond acceptors (Lipinski definition) is 5. The fraction of sp³-hybridized carbons (Fsp3) is 0.542. The molecule has 4 rings (SSSR count). The van der Waals surface area contributed by atoms with Crippen molar-refractivity contribution in [2.75, 3.05) is 32.8 Å². The van der Waals surface area contributed by atoms with E-state index in [9.17, 15) is 4.79 Å². The van der Waals surface area contributed by atoms with Gasteiger partial charge in [0.25, 0.3) is 0 Å². The number of rotatable bonds is 6. The standard InChI is InChI=1S/C24H33N3O3/c1-16(2)25-19-7-9-26(10-8-19)15-22(28)21-13-17(3)27(18(21)4)20-5-6-23-24(14-20)30-12-11-29-23/h5-6,13-14,16,19,25H,7-12,15H2,1-4H3. The van der Waals surface area contributed by atoms with Gasteiger partial charge < -0.3 is 19.4 Å². The summed E-state index contributed by atoms with van der Waals surface area (Å²) in [5, 5.41) is 3.61. The Labute approximate surface area is 179 Å². The second-order valence-electron chi connectivity index (χ2n) is 8.74. The molecule has 0 radical (unpaired) electrons. The minimum absolute atomic E-state index is 0.196. The van der Waals surface area contributed by atoms with Gasteiger partial charge in [-0.3, -0.25) is 9.69 Å². The number of ether oxygens (including phenoxy) is 2. The maximum Gasteiger partial charge on any atom is 0.178 e. The summed E-state index contributed by atoms with van der Waals surface area (Å²) in [5.74, 6) is 1.73. The topological polar surface area (TPSA) is 55.7 Å². The summed E-state index contributed by atoms with van der Waals surface area (Å²) < 4.78 is 13.5. The zero-order valence-electron chi connectivity index (χ0n) is 18.5. The lowest BCUT2D eigenvalue weighted by Crippen LogP contribution is -2.46. The van der Waals surface area contributed by atoms with E-state index >= 15 is 0 Å². The van der Waals surface area contributed by atoms with Crippen molar-refractivity contribution < 1.29 is 14.3 Å². The van der Waals surface area contributed by atoms with Crippen LogP contribution in [0.5, 0.6) is 11.5 Å². The zero-order chi connectivity index (χ0) is 21.3. The Hall–Kier alpha value is -2.31. The number of aromatic nitrogens is 1. The molecule has 1 aromatic carbocycles. The van der Waals surface area contributed by atoms with Crippen LogP contribution in [0.2, 0.25) is 0 Å². The number of fused-ring (bicyclic) bond motifs is 1. The molecule has 1 N–H and O–H groups in total. The highest BCUT2D eigenvalue weighted by Gasteiger charge is 2.24. The normalized spacial score (nSPS) is 17.5. The molecule has 0 spiro atoms. The van der Waals surface area contributed by atoms with Gasteiger partial charge in [-0.25, -0.2) is 0 Å². The van der Waals surface area contributed by atoms with Gasteiger partial charge in [-0.05, 0) is 44.9 Å². The van der Waals surface area contributed by atoms with Crippen LogP contribution in [0.25, 0.3) is 5.69 Å². The van der Waals surface area contributed by atoms with E-state index in [1.807, 2.05) is 38.1 Å². The second-order valence-corrected chi connectivity index (χ2v) is 8.74. The predicted octanol–water partition coefficient (Wildman–Crippen LogP) is 3.51. The monoisotopic (exact) mass is 411 g/mol. The van der Waals surface area contributed by atoms with Crippen molar-refractivity contribution in [1.29, 1.82) is 0 Å². The summed E-state index contributed by atoms with van der Waals surface area (Å²) in [4.78, 5) is 15.4. The van der Waals surface area contributed by atoms with E-state index in [0.29, 0.717) is 31.8 Å². The van der Waals surface area contributed by atoms with Gasteiger partial charge in [-0.1, -0.05) is 13.8 Å². The molecule has 2 aliphatic heterocycles. The fourth-order valence-electron chi connectivity index (χ4n) is 4.63. The van der Waals surface area contributed by atoms with Gasteiger partial charge in [-0.15, -0.1) is 0 Å². The van der Waals surface area contributed by atoms with Gasteiger partial charge in [0.1, 0.15) is 13.2 Å². The lowest BCUT2D eigenvalue weighted by molar-refractivity contribution is 0.0902. The molecule has 0 amide bonds. The molecule has 1 saturated heterocycles. The number of ketones is 1. The highest BCUT2D eigenvalue weighted by molar-refractivity contribution is 5.99. The molecule has 0 atom stereocenters. The second kappa shape index (κ2) is 8.82. The van der Waals surface area contributed by atoms with Crippen LogP contribution < -0.4 is 14.8 Å². The number of nitrogens with zero attached hydrogens (tertiary/aromatic N) is 2. The van der Waals surface area contributed by atoms with Crippen LogP contribution in [0, 0.1) is 13.8 Å². The van der Waals surface area contributed by atoms with Crippen molar-refractivity contribution in [2.45, 2.75) is 52.6 Å². The lowest BCUT2D eigenvalue weighted by Gasteiger charge is -2.33. The molecule has 3 heterocycles. The Morgan fingerprint density at radius 3 is 2.50 bits per heavy atom. The van der Waals surface area contributed by atoms with Gasteiger partial charge >= 0.3 is 0 Å². The Kier molecular flexibility index (Phi) is 6.16. The van der Waals surface area contributed by atoms with Crippen molar-refractivity contribution >= 4 is 5.78 Å². The Balaban J connectivity index is 1.46. The summed E-state index contributed by atoms with van der Waals surface area (Å²) in [6.45, 7) is 12.0. The first-order valence-electron chi connectivity index (χ1n) is 11.0. The number of likely N-dealkylation sites (tertiary alicyclic amines) is 1. The van der Waals surface area contributed by atoms with Crippen LogP contribution in [0.4, 0.5) is 0 Å². The molecule has 0 bridgehead atoms. The van der Waals surface area contributed by atoms with E-state index < -0.39 is 0 Å². The van der Waals surface area contributed by atoms with E-state index in [0.717, 1.165) is 60.1 Å². The molecule has 2 aliphatic rings. The third-order valence-corrected chi connectivity index (χ3v) is 6.04. The summed E-state index contributed by atoms with van der Waals surface area (Å²) in [6, 6.07) is 9.05. The molecular weight excluding hydrogens is 378 g/mol. The molecule has 1 aromatic heterocycles. The molecule has 162 valence electrons. The first kappa shape index (κ1) is 20.9. The summed E-state index contributed by atoms with van der Waals surface area (Å²) in [7, 11) is 0. The minimum Gasteiger partial charge on any atom is -0.486 e. The van der Waals surface area contributed by atoms with Crippen LogP contribution in [-0.2, 0) is 0 Å². The van der Waals surface area contributed by atoms with Crippen LogP contribution >= 0.6 is 0 Å². The highest BCUT2D eigenvalue weighted by atomic mass is 16.6. The molecular formula is C24H33N3O3.